The highest BCUT2D eigenvalue weighted by atomic mass is 32.2. The maximum atomic E-state index is 12.5. The van der Waals surface area contributed by atoms with Crippen LogP contribution in [0.1, 0.15) is 58.6 Å². The number of rotatable bonds is 8. The van der Waals surface area contributed by atoms with Gasteiger partial charge in [-0.05, 0) is 104 Å². The molecule has 36 heavy (non-hydrogen) atoms. The minimum atomic E-state index is -0.0187. The van der Waals surface area contributed by atoms with Crippen LogP contribution in [0.2, 0.25) is 0 Å². The second-order valence-corrected chi connectivity index (χ2v) is 10.9. The molecule has 2 saturated heterocycles. The van der Waals surface area contributed by atoms with Crippen molar-refractivity contribution in [3.05, 3.63) is 95.1 Å². The lowest BCUT2D eigenvalue weighted by Gasteiger charge is -2.32. The van der Waals surface area contributed by atoms with Crippen LogP contribution in [0, 0.1) is 0 Å². The van der Waals surface area contributed by atoms with Crippen molar-refractivity contribution in [3.8, 4) is 0 Å². The standard InChI is InChI=1S/C31H37N3OS/c1-36-30-13-9-27(10-14-30)31(35)32-22-25-5-4-6-28(21-25)26-15-19-33(20-16-26)23-24-7-11-29(12-8-24)34-17-2-3-18-34/h4-14,21,26H,2-3,15-20,22-23H2,1H3,(H,32,35). The van der Waals surface area contributed by atoms with Crippen LogP contribution in [-0.4, -0.2) is 43.2 Å². The molecule has 3 aromatic rings. The molecule has 188 valence electrons. The molecule has 2 fully saturated rings. The summed E-state index contributed by atoms with van der Waals surface area (Å²) in [7, 11) is 0. The van der Waals surface area contributed by atoms with E-state index in [2.05, 4.69) is 63.6 Å². The van der Waals surface area contributed by atoms with Gasteiger partial charge in [0.2, 0.25) is 0 Å². The van der Waals surface area contributed by atoms with Gasteiger partial charge in [0.25, 0.3) is 5.91 Å². The Balaban J connectivity index is 1.10. The summed E-state index contributed by atoms with van der Waals surface area (Å²) in [5.74, 6) is 0.573. The van der Waals surface area contributed by atoms with Crippen molar-refractivity contribution in [3.63, 3.8) is 0 Å². The van der Waals surface area contributed by atoms with Gasteiger partial charge >= 0.3 is 0 Å². The Labute approximate surface area is 220 Å². The molecule has 5 rings (SSSR count). The van der Waals surface area contributed by atoms with E-state index in [1.807, 2.05) is 30.5 Å². The monoisotopic (exact) mass is 499 g/mol. The van der Waals surface area contributed by atoms with Gasteiger partial charge in [-0.2, -0.15) is 0 Å². The summed E-state index contributed by atoms with van der Waals surface area (Å²) >= 11 is 1.68. The normalized spacial score (nSPS) is 16.9. The summed E-state index contributed by atoms with van der Waals surface area (Å²) in [5.41, 5.74) is 6.07. The molecule has 0 spiro atoms. The maximum absolute atomic E-state index is 12.5. The molecular weight excluding hydrogens is 462 g/mol. The van der Waals surface area contributed by atoms with Crippen LogP contribution >= 0.6 is 11.8 Å². The number of likely N-dealkylation sites (tertiary alicyclic amines) is 1. The van der Waals surface area contributed by atoms with E-state index in [1.165, 1.54) is 66.0 Å². The smallest absolute Gasteiger partial charge is 0.251 e. The number of carbonyl (C=O) groups is 1. The summed E-state index contributed by atoms with van der Waals surface area (Å²) in [6, 6.07) is 25.8. The van der Waals surface area contributed by atoms with Crippen molar-refractivity contribution in [2.75, 3.05) is 37.3 Å². The molecule has 0 bridgehead atoms. The fraction of sp³-hybridized carbons (Fsp3) is 0.387. The molecule has 0 aromatic heterocycles. The number of thioether (sulfide) groups is 1. The van der Waals surface area contributed by atoms with Gasteiger partial charge in [0.1, 0.15) is 0 Å². The van der Waals surface area contributed by atoms with E-state index in [0.717, 1.165) is 19.6 Å². The van der Waals surface area contributed by atoms with Crippen LogP contribution in [0.15, 0.2) is 77.7 Å². The fourth-order valence-corrected chi connectivity index (χ4v) is 5.86. The van der Waals surface area contributed by atoms with Crippen molar-refractivity contribution in [1.29, 1.82) is 0 Å². The number of benzene rings is 3. The molecule has 0 atom stereocenters. The Morgan fingerprint density at radius 1 is 0.889 bits per heavy atom. The molecule has 2 aliphatic rings. The van der Waals surface area contributed by atoms with Crippen molar-refractivity contribution >= 4 is 23.4 Å². The van der Waals surface area contributed by atoms with Crippen molar-refractivity contribution < 1.29 is 4.79 Å². The lowest BCUT2D eigenvalue weighted by molar-refractivity contribution is 0.0951. The molecule has 0 unspecified atom stereocenters. The van der Waals surface area contributed by atoms with Crippen LogP contribution in [0.4, 0.5) is 5.69 Å². The van der Waals surface area contributed by atoms with Gasteiger partial charge in [0.15, 0.2) is 0 Å². The molecule has 2 aliphatic heterocycles. The molecule has 0 aliphatic carbocycles. The average molecular weight is 500 g/mol. The highest BCUT2D eigenvalue weighted by Gasteiger charge is 2.21. The highest BCUT2D eigenvalue weighted by Crippen LogP contribution is 2.29. The van der Waals surface area contributed by atoms with Crippen molar-refractivity contribution in [2.24, 2.45) is 0 Å². The number of piperidine rings is 1. The third-order valence-corrected chi connectivity index (χ3v) is 8.37. The number of carbonyl (C=O) groups excluding carboxylic acids is 1. The van der Waals surface area contributed by atoms with E-state index in [-0.39, 0.29) is 5.91 Å². The number of amides is 1. The number of hydrogen-bond donors (Lipinski definition) is 1. The van der Waals surface area contributed by atoms with E-state index in [9.17, 15) is 4.79 Å². The first-order valence-electron chi connectivity index (χ1n) is 13.3. The first kappa shape index (κ1) is 24.9. The minimum absolute atomic E-state index is 0.0187. The number of anilines is 1. The van der Waals surface area contributed by atoms with Crippen LogP contribution in [0.5, 0.6) is 0 Å². The summed E-state index contributed by atoms with van der Waals surface area (Å²) in [6.07, 6.45) is 7.05. The van der Waals surface area contributed by atoms with E-state index >= 15 is 0 Å². The highest BCUT2D eigenvalue weighted by molar-refractivity contribution is 7.98. The quantitative estimate of drug-likeness (QED) is 0.368. The number of nitrogens with zero attached hydrogens (tertiary/aromatic N) is 2. The predicted octanol–water partition coefficient (Wildman–Crippen LogP) is 6.32. The zero-order valence-electron chi connectivity index (χ0n) is 21.3. The Hall–Kier alpha value is -2.76. The van der Waals surface area contributed by atoms with Gasteiger partial charge in [0, 0.05) is 42.3 Å². The van der Waals surface area contributed by atoms with E-state index < -0.39 is 0 Å². The average Bonchev–Trinajstić information content (AvgIpc) is 3.48. The summed E-state index contributed by atoms with van der Waals surface area (Å²) in [4.78, 5) is 18.8. The van der Waals surface area contributed by atoms with Gasteiger partial charge in [-0.3, -0.25) is 9.69 Å². The third kappa shape index (κ3) is 6.32. The lowest BCUT2D eigenvalue weighted by Crippen LogP contribution is -2.32. The van der Waals surface area contributed by atoms with Crippen molar-refractivity contribution in [1.82, 2.24) is 10.2 Å². The Morgan fingerprint density at radius 3 is 2.31 bits per heavy atom. The van der Waals surface area contributed by atoms with Crippen LogP contribution in [-0.2, 0) is 13.1 Å². The molecule has 1 N–H and O–H groups in total. The maximum Gasteiger partial charge on any atom is 0.251 e. The van der Waals surface area contributed by atoms with Crippen LogP contribution in [0.3, 0.4) is 0 Å². The minimum Gasteiger partial charge on any atom is -0.372 e. The largest absolute Gasteiger partial charge is 0.372 e. The SMILES string of the molecule is CSc1ccc(C(=O)NCc2cccc(C3CCN(Cc4ccc(N5CCCC5)cc4)CC3)c2)cc1. The van der Waals surface area contributed by atoms with Gasteiger partial charge in [-0.1, -0.05) is 36.4 Å². The summed E-state index contributed by atoms with van der Waals surface area (Å²) in [6.45, 7) is 6.26. The van der Waals surface area contributed by atoms with Gasteiger partial charge in [-0.25, -0.2) is 0 Å². The third-order valence-electron chi connectivity index (χ3n) is 7.63. The molecule has 0 radical (unpaired) electrons. The molecular formula is C31H37N3OS. The van der Waals surface area contributed by atoms with Gasteiger partial charge < -0.3 is 10.2 Å². The zero-order chi connectivity index (χ0) is 24.7. The fourth-order valence-electron chi connectivity index (χ4n) is 5.45. The second-order valence-electron chi connectivity index (χ2n) is 10.1. The number of nitrogens with one attached hydrogen (secondary N) is 1. The van der Waals surface area contributed by atoms with E-state index in [1.54, 1.807) is 11.8 Å². The predicted molar refractivity (Wildman–Crippen MR) is 151 cm³/mol. The summed E-state index contributed by atoms with van der Waals surface area (Å²) < 4.78 is 0. The molecule has 0 saturated carbocycles. The van der Waals surface area contributed by atoms with Crippen molar-refractivity contribution in [2.45, 2.75) is 49.6 Å². The topological polar surface area (TPSA) is 35.6 Å². The van der Waals surface area contributed by atoms with Crippen LogP contribution in [0.25, 0.3) is 0 Å². The molecule has 4 nitrogen and oxygen atoms in total. The Kier molecular flexibility index (Phi) is 8.29. The van der Waals surface area contributed by atoms with Gasteiger partial charge in [-0.15, -0.1) is 11.8 Å². The summed E-state index contributed by atoms with van der Waals surface area (Å²) in [5, 5.41) is 3.08. The molecule has 3 aromatic carbocycles. The Bertz CT molecular complexity index is 1130. The van der Waals surface area contributed by atoms with Gasteiger partial charge in [0.05, 0.1) is 0 Å². The molecule has 1 amide bonds. The first-order valence-corrected chi connectivity index (χ1v) is 14.5. The number of hydrogen-bond acceptors (Lipinski definition) is 4. The first-order chi connectivity index (χ1) is 17.7. The second kappa shape index (κ2) is 12.0. The molecule has 5 heteroatoms. The molecule has 2 heterocycles. The lowest BCUT2D eigenvalue weighted by atomic mass is 9.88. The van der Waals surface area contributed by atoms with E-state index in [0.29, 0.717) is 18.0 Å². The van der Waals surface area contributed by atoms with E-state index in [4.69, 9.17) is 0 Å². The zero-order valence-corrected chi connectivity index (χ0v) is 22.1. The Morgan fingerprint density at radius 2 is 1.61 bits per heavy atom. The van der Waals surface area contributed by atoms with Crippen LogP contribution < -0.4 is 10.2 Å².